The fourth-order valence-electron chi connectivity index (χ4n) is 1.86. The average molecular weight is 294 g/mol. The molecule has 0 radical (unpaired) electrons. The number of aromatic amines is 1. The van der Waals surface area contributed by atoms with Crippen molar-refractivity contribution in [3.8, 4) is 11.4 Å². The Hall–Kier alpha value is -3.22. The lowest BCUT2D eigenvalue weighted by molar-refractivity contribution is -0.120. The number of nitrogens with zero attached hydrogens (tertiary/aromatic N) is 3. The van der Waals surface area contributed by atoms with E-state index >= 15 is 0 Å². The van der Waals surface area contributed by atoms with Crippen LogP contribution in [0.4, 0.5) is 5.69 Å². The van der Waals surface area contributed by atoms with Crippen molar-refractivity contribution < 1.29 is 4.79 Å². The second kappa shape index (κ2) is 6.49. The molecule has 0 aliphatic rings. The molecule has 110 valence electrons. The molecule has 1 amide bonds. The molecule has 0 aliphatic heterocycles. The Morgan fingerprint density at radius 1 is 1.14 bits per heavy atom. The maximum Gasteiger partial charge on any atom is 0.245 e. The first-order chi connectivity index (χ1) is 10.8. The molecule has 0 atom stereocenters. The van der Waals surface area contributed by atoms with Gasteiger partial charge in [-0.1, -0.05) is 18.2 Å². The summed E-state index contributed by atoms with van der Waals surface area (Å²) < 4.78 is 0. The minimum absolute atomic E-state index is 0.104. The molecular weight excluding hydrogens is 280 g/mol. The highest BCUT2D eigenvalue weighted by molar-refractivity contribution is 5.79. The molecule has 22 heavy (non-hydrogen) atoms. The fraction of sp³-hybridized carbons (Fsp3) is 0.0667. The number of hydrogen-bond donors (Lipinski definition) is 3. The van der Waals surface area contributed by atoms with Gasteiger partial charge in [0.1, 0.15) is 5.82 Å². The number of benzene rings is 1. The first-order valence-electron chi connectivity index (χ1n) is 6.73. The summed E-state index contributed by atoms with van der Waals surface area (Å²) >= 11 is 0. The van der Waals surface area contributed by atoms with Gasteiger partial charge in [0.25, 0.3) is 0 Å². The van der Waals surface area contributed by atoms with E-state index in [0.717, 1.165) is 11.3 Å². The van der Waals surface area contributed by atoms with Crippen molar-refractivity contribution in [3.05, 3.63) is 60.7 Å². The van der Waals surface area contributed by atoms with Crippen LogP contribution in [0.5, 0.6) is 0 Å². The maximum atomic E-state index is 11.9. The van der Waals surface area contributed by atoms with Gasteiger partial charge in [-0.25, -0.2) is 4.98 Å². The van der Waals surface area contributed by atoms with Gasteiger partial charge in [0.2, 0.25) is 5.91 Å². The second-order valence-corrected chi connectivity index (χ2v) is 4.56. The van der Waals surface area contributed by atoms with Crippen molar-refractivity contribution >= 4 is 11.6 Å². The van der Waals surface area contributed by atoms with E-state index in [4.69, 9.17) is 0 Å². The van der Waals surface area contributed by atoms with Crippen LogP contribution in [-0.2, 0) is 11.2 Å². The zero-order chi connectivity index (χ0) is 15.2. The molecular formula is C15H14N6O. The van der Waals surface area contributed by atoms with Gasteiger partial charge >= 0.3 is 0 Å². The number of para-hydroxylation sites is 1. The molecule has 0 aliphatic carbocycles. The van der Waals surface area contributed by atoms with E-state index in [2.05, 4.69) is 31.0 Å². The fourth-order valence-corrected chi connectivity index (χ4v) is 1.86. The number of carbonyl (C=O) groups is 1. The zero-order valence-electron chi connectivity index (χ0n) is 11.7. The van der Waals surface area contributed by atoms with Gasteiger partial charge in [-0.2, -0.15) is 5.10 Å². The number of anilines is 1. The Bertz CT molecular complexity index is 741. The van der Waals surface area contributed by atoms with E-state index in [1.165, 1.54) is 0 Å². The van der Waals surface area contributed by atoms with E-state index in [1.807, 2.05) is 42.5 Å². The Balaban J connectivity index is 1.57. The highest BCUT2D eigenvalue weighted by atomic mass is 16.2. The van der Waals surface area contributed by atoms with Crippen molar-refractivity contribution in [3.63, 3.8) is 0 Å². The summed E-state index contributed by atoms with van der Waals surface area (Å²) in [4.78, 5) is 20.1. The predicted molar refractivity (Wildman–Crippen MR) is 81.5 cm³/mol. The third-order valence-electron chi connectivity index (χ3n) is 2.90. The number of hydrogen-bond acceptors (Lipinski definition) is 5. The van der Waals surface area contributed by atoms with Crippen molar-refractivity contribution in [1.29, 1.82) is 0 Å². The predicted octanol–water partition coefficient (Wildman–Crippen LogP) is 1.55. The number of H-pyrrole nitrogens is 1. The van der Waals surface area contributed by atoms with Gasteiger partial charge < -0.3 is 0 Å². The molecule has 3 aromatic rings. The van der Waals surface area contributed by atoms with Crippen molar-refractivity contribution in [2.24, 2.45) is 0 Å². The third kappa shape index (κ3) is 3.45. The molecule has 2 heterocycles. The van der Waals surface area contributed by atoms with Crippen LogP contribution in [0.25, 0.3) is 11.4 Å². The van der Waals surface area contributed by atoms with Crippen LogP contribution in [0.1, 0.15) is 5.82 Å². The molecule has 0 saturated heterocycles. The van der Waals surface area contributed by atoms with Crippen LogP contribution in [0.15, 0.2) is 54.9 Å². The minimum Gasteiger partial charge on any atom is -0.299 e. The SMILES string of the molecule is O=C(Cc1nc(-c2cccnc2)n[nH]1)NNc1ccccc1. The number of carbonyl (C=O) groups excluding carboxylic acids is 1. The molecule has 1 aromatic carbocycles. The Morgan fingerprint density at radius 2 is 2.00 bits per heavy atom. The molecule has 0 bridgehead atoms. The summed E-state index contributed by atoms with van der Waals surface area (Å²) in [5.41, 5.74) is 7.05. The van der Waals surface area contributed by atoms with Crippen LogP contribution in [0.2, 0.25) is 0 Å². The number of amides is 1. The van der Waals surface area contributed by atoms with Crippen molar-refractivity contribution in [1.82, 2.24) is 25.6 Å². The third-order valence-corrected chi connectivity index (χ3v) is 2.90. The Labute approximate surface area is 126 Å². The monoisotopic (exact) mass is 294 g/mol. The highest BCUT2D eigenvalue weighted by Gasteiger charge is 2.09. The van der Waals surface area contributed by atoms with E-state index in [-0.39, 0.29) is 12.3 Å². The average Bonchev–Trinajstić information content (AvgIpc) is 3.03. The summed E-state index contributed by atoms with van der Waals surface area (Å²) in [7, 11) is 0. The minimum atomic E-state index is -0.210. The number of aromatic nitrogens is 4. The molecule has 0 unspecified atom stereocenters. The van der Waals surface area contributed by atoms with Gasteiger partial charge in [-0.05, 0) is 24.3 Å². The van der Waals surface area contributed by atoms with E-state index in [0.29, 0.717) is 11.6 Å². The lowest BCUT2D eigenvalue weighted by atomic mass is 10.3. The summed E-state index contributed by atoms with van der Waals surface area (Å²) in [6.07, 6.45) is 3.46. The van der Waals surface area contributed by atoms with Crippen LogP contribution in [0, 0.1) is 0 Å². The number of rotatable bonds is 5. The Morgan fingerprint density at radius 3 is 2.77 bits per heavy atom. The van der Waals surface area contributed by atoms with Gasteiger partial charge in [0.05, 0.1) is 12.1 Å². The first kappa shape index (κ1) is 13.7. The first-order valence-corrected chi connectivity index (χ1v) is 6.73. The number of hydrazine groups is 1. The summed E-state index contributed by atoms with van der Waals surface area (Å²) in [6, 6.07) is 13.0. The molecule has 7 nitrogen and oxygen atoms in total. The summed E-state index contributed by atoms with van der Waals surface area (Å²) in [5.74, 6) is 0.802. The van der Waals surface area contributed by atoms with Crippen molar-refractivity contribution in [2.45, 2.75) is 6.42 Å². The van der Waals surface area contributed by atoms with Crippen LogP contribution < -0.4 is 10.9 Å². The number of pyridine rings is 1. The smallest absolute Gasteiger partial charge is 0.245 e. The van der Waals surface area contributed by atoms with Gasteiger partial charge in [0, 0.05) is 18.0 Å². The lowest BCUT2D eigenvalue weighted by Crippen LogP contribution is -2.30. The normalized spacial score (nSPS) is 10.2. The van der Waals surface area contributed by atoms with Crippen LogP contribution in [-0.4, -0.2) is 26.1 Å². The Kier molecular flexibility index (Phi) is 4.05. The molecule has 0 spiro atoms. The standard InChI is InChI=1S/C15H14N6O/c22-14(20-18-12-6-2-1-3-7-12)9-13-17-15(21-19-13)11-5-4-8-16-10-11/h1-8,10,18H,9H2,(H,20,22)(H,17,19,21). The molecule has 3 rings (SSSR count). The van der Waals surface area contributed by atoms with E-state index in [9.17, 15) is 4.79 Å². The maximum absolute atomic E-state index is 11.9. The number of nitrogens with one attached hydrogen (secondary N) is 3. The van der Waals surface area contributed by atoms with Crippen molar-refractivity contribution in [2.75, 3.05) is 5.43 Å². The van der Waals surface area contributed by atoms with E-state index in [1.54, 1.807) is 12.4 Å². The molecule has 0 fully saturated rings. The van der Waals surface area contributed by atoms with Crippen LogP contribution >= 0.6 is 0 Å². The lowest BCUT2D eigenvalue weighted by Gasteiger charge is -2.06. The van der Waals surface area contributed by atoms with Gasteiger partial charge in [-0.3, -0.25) is 25.7 Å². The van der Waals surface area contributed by atoms with Gasteiger partial charge in [-0.15, -0.1) is 0 Å². The zero-order valence-corrected chi connectivity index (χ0v) is 11.7. The molecule has 2 aromatic heterocycles. The molecule has 0 saturated carbocycles. The largest absolute Gasteiger partial charge is 0.299 e. The molecule has 3 N–H and O–H groups in total. The highest BCUT2D eigenvalue weighted by Crippen LogP contribution is 2.12. The van der Waals surface area contributed by atoms with E-state index < -0.39 is 0 Å². The summed E-state index contributed by atoms with van der Waals surface area (Å²) in [6.45, 7) is 0. The second-order valence-electron chi connectivity index (χ2n) is 4.56. The summed E-state index contributed by atoms with van der Waals surface area (Å²) in [5, 5.41) is 6.84. The van der Waals surface area contributed by atoms with Gasteiger partial charge in [0.15, 0.2) is 5.82 Å². The van der Waals surface area contributed by atoms with Crippen LogP contribution in [0.3, 0.4) is 0 Å². The topological polar surface area (TPSA) is 95.6 Å². The quantitative estimate of drug-likeness (QED) is 0.621. The molecule has 7 heteroatoms.